The Bertz CT molecular complexity index is 858. The molecule has 1 aromatic carbocycles. The molecule has 5 rings (SSSR count). The second-order valence-electron chi connectivity index (χ2n) is 11.6. The molecule has 1 atom stereocenters. The summed E-state index contributed by atoms with van der Waals surface area (Å²) in [7, 11) is -0.220. The van der Waals surface area contributed by atoms with Crippen LogP contribution in [0.15, 0.2) is 23.5 Å². The van der Waals surface area contributed by atoms with E-state index in [1.54, 1.807) is 5.57 Å². The molecule has 3 saturated carbocycles. The first kappa shape index (κ1) is 25.0. The number of allylic oxidation sites excluding steroid dienone is 1. The predicted molar refractivity (Wildman–Crippen MR) is 151 cm³/mol. The van der Waals surface area contributed by atoms with E-state index in [2.05, 4.69) is 43.1 Å². The molecule has 1 saturated heterocycles. The highest BCUT2D eigenvalue weighted by Crippen LogP contribution is 2.71. The maximum absolute atomic E-state index is 8.12. The molecular weight excluding hydrogens is 455 g/mol. The summed E-state index contributed by atoms with van der Waals surface area (Å²) in [6, 6.07) is 4.71. The summed E-state index contributed by atoms with van der Waals surface area (Å²) >= 11 is 8.12. The Morgan fingerprint density at radius 3 is 2.03 bits per heavy atom. The van der Waals surface area contributed by atoms with Crippen molar-refractivity contribution in [1.82, 2.24) is 5.32 Å². The van der Waals surface area contributed by atoms with E-state index >= 15 is 0 Å². The first-order chi connectivity index (χ1) is 16.5. The lowest BCUT2D eigenvalue weighted by Gasteiger charge is -2.51. The first-order valence-electron chi connectivity index (χ1n) is 14.3. The fraction of sp³-hybridized carbons (Fsp3) is 0.733. The summed E-state index contributed by atoms with van der Waals surface area (Å²) < 4.78 is -0.102. The highest BCUT2D eigenvalue weighted by Gasteiger charge is 2.50. The zero-order chi connectivity index (χ0) is 23.7. The highest BCUT2D eigenvalue weighted by molar-refractivity contribution is 7.63. The smallest absolute Gasteiger partial charge is 0.107 e. The van der Waals surface area contributed by atoms with Gasteiger partial charge in [0.05, 0.1) is 4.62 Å². The molecule has 1 heterocycles. The number of nitrogens with one attached hydrogen (secondary N) is 1. The van der Waals surface area contributed by atoms with Crippen LogP contribution in [0.1, 0.15) is 107 Å². The zero-order valence-electron chi connectivity index (χ0n) is 21.9. The second kappa shape index (κ2) is 10.7. The zero-order valence-corrected chi connectivity index (χ0v) is 23.5. The lowest BCUT2D eigenvalue weighted by molar-refractivity contribution is 0.470. The molecule has 34 heavy (non-hydrogen) atoms. The normalized spacial score (nSPS) is 29.6. The van der Waals surface area contributed by atoms with Gasteiger partial charge in [-0.15, -0.1) is 11.6 Å². The van der Waals surface area contributed by atoms with Crippen molar-refractivity contribution in [3.63, 3.8) is 0 Å². The van der Waals surface area contributed by atoms with Crippen molar-refractivity contribution < 1.29 is 0 Å². The highest BCUT2D eigenvalue weighted by atomic mass is 35.5. The fourth-order valence-electron chi connectivity index (χ4n) is 7.77. The van der Waals surface area contributed by atoms with Crippen LogP contribution in [0, 0.1) is 20.8 Å². The van der Waals surface area contributed by atoms with Crippen LogP contribution < -0.4 is 10.2 Å². The van der Waals surface area contributed by atoms with Crippen molar-refractivity contribution in [3.8, 4) is 0 Å². The maximum atomic E-state index is 8.12. The van der Waals surface area contributed by atoms with Crippen LogP contribution in [0.2, 0.25) is 0 Å². The average Bonchev–Trinajstić information content (AvgIpc) is 3.29. The Kier molecular flexibility index (Phi) is 7.87. The summed E-state index contributed by atoms with van der Waals surface area (Å²) in [5, 5.41) is 3.89. The molecule has 188 valence electrons. The van der Waals surface area contributed by atoms with E-state index in [1.165, 1.54) is 118 Å². The van der Waals surface area contributed by atoms with Crippen LogP contribution in [-0.4, -0.2) is 29.0 Å². The van der Waals surface area contributed by atoms with Crippen LogP contribution in [0.25, 0.3) is 0 Å². The summed E-state index contributed by atoms with van der Waals surface area (Å²) in [6.45, 7) is 8.89. The van der Waals surface area contributed by atoms with Crippen molar-refractivity contribution in [1.29, 1.82) is 0 Å². The molecule has 0 aromatic heterocycles. The molecule has 1 aromatic rings. The molecule has 1 N–H and O–H groups in total. The van der Waals surface area contributed by atoms with Crippen LogP contribution in [0.3, 0.4) is 0 Å². The predicted octanol–water partition coefficient (Wildman–Crippen LogP) is 8.89. The van der Waals surface area contributed by atoms with E-state index in [0.29, 0.717) is 0 Å². The Labute approximate surface area is 215 Å². The van der Waals surface area contributed by atoms with Crippen molar-refractivity contribution in [2.75, 3.05) is 18.0 Å². The van der Waals surface area contributed by atoms with Gasteiger partial charge >= 0.3 is 0 Å². The SMILES string of the molecule is Cc1cc(C)c(N2CCNC2=C2CCCCC2(Cl)P(C2CCCCC2)C2CCCCC2)c(C)c1. The van der Waals surface area contributed by atoms with Crippen LogP contribution in [-0.2, 0) is 0 Å². The minimum Gasteiger partial charge on any atom is -0.370 e. The topological polar surface area (TPSA) is 15.3 Å². The van der Waals surface area contributed by atoms with Gasteiger partial charge in [0.1, 0.15) is 5.82 Å². The summed E-state index contributed by atoms with van der Waals surface area (Å²) in [5.74, 6) is 1.39. The third kappa shape index (κ3) is 4.80. The van der Waals surface area contributed by atoms with Crippen molar-refractivity contribution in [2.45, 2.75) is 127 Å². The minimum atomic E-state index is -0.220. The van der Waals surface area contributed by atoms with Gasteiger partial charge in [-0.3, -0.25) is 0 Å². The van der Waals surface area contributed by atoms with Gasteiger partial charge in [-0.1, -0.05) is 70.6 Å². The van der Waals surface area contributed by atoms with Crippen LogP contribution >= 0.6 is 19.5 Å². The maximum Gasteiger partial charge on any atom is 0.107 e. The van der Waals surface area contributed by atoms with Crippen molar-refractivity contribution in [3.05, 3.63) is 40.2 Å². The molecule has 2 nitrogen and oxygen atoms in total. The Hall–Kier alpha value is -0.720. The number of aryl methyl sites for hydroxylation is 3. The molecule has 1 unspecified atom stereocenters. The van der Waals surface area contributed by atoms with E-state index in [0.717, 1.165) is 24.4 Å². The monoisotopic (exact) mass is 500 g/mol. The standard InChI is InChI=1S/C30H46ClN2P/c1-22-20-23(2)28(24(3)21-22)33-19-18-32-29(33)27-16-10-11-17-30(27,31)34(25-12-6-4-7-13-25)26-14-8-5-9-15-26/h20-21,25-26,32H,4-19H2,1-3H3. The number of anilines is 1. The number of rotatable bonds is 4. The van der Waals surface area contributed by atoms with E-state index < -0.39 is 0 Å². The van der Waals surface area contributed by atoms with Crippen LogP contribution in [0.4, 0.5) is 5.69 Å². The largest absolute Gasteiger partial charge is 0.370 e. The average molecular weight is 501 g/mol. The molecule has 4 heteroatoms. The quantitative estimate of drug-likeness (QED) is 0.328. The molecular formula is C30H46ClN2P. The lowest BCUT2D eigenvalue weighted by Crippen LogP contribution is -2.39. The van der Waals surface area contributed by atoms with E-state index in [4.69, 9.17) is 11.6 Å². The number of hydrogen-bond acceptors (Lipinski definition) is 2. The van der Waals surface area contributed by atoms with Gasteiger partial charge in [0.25, 0.3) is 0 Å². The van der Waals surface area contributed by atoms with Gasteiger partial charge in [-0.25, -0.2) is 0 Å². The van der Waals surface area contributed by atoms with Gasteiger partial charge in [0, 0.05) is 18.8 Å². The third-order valence-electron chi connectivity index (χ3n) is 9.08. The molecule has 0 bridgehead atoms. The van der Waals surface area contributed by atoms with Gasteiger partial charge < -0.3 is 10.2 Å². The van der Waals surface area contributed by atoms with Gasteiger partial charge in [0.15, 0.2) is 0 Å². The second-order valence-corrected chi connectivity index (χ2v) is 15.6. The van der Waals surface area contributed by atoms with E-state index in [9.17, 15) is 0 Å². The van der Waals surface area contributed by atoms with E-state index in [-0.39, 0.29) is 12.5 Å². The molecule has 1 aliphatic heterocycles. The molecule has 0 spiro atoms. The number of halogens is 1. The summed E-state index contributed by atoms with van der Waals surface area (Å²) in [4.78, 5) is 2.62. The number of nitrogens with zero attached hydrogens (tertiary/aromatic N) is 1. The third-order valence-corrected chi connectivity index (χ3v) is 14.0. The molecule has 4 aliphatic rings. The van der Waals surface area contributed by atoms with Crippen molar-refractivity contribution >= 4 is 25.2 Å². The van der Waals surface area contributed by atoms with Gasteiger partial charge in [0.2, 0.25) is 0 Å². The first-order valence-corrected chi connectivity index (χ1v) is 16.1. The fourth-order valence-corrected chi connectivity index (χ4v) is 13.5. The molecule has 4 fully saturated rings. The molecule has 0 radical (unpaired) electrons. The Morgan fingerprint density at radius 2 is 1.44 bits per heavy atom. The van der Waals surface area contributed by atoms with Crippen LogP contribution in [0.5, 0.6) is 0 Å². The number of alkyl halides is 1. The molecule has 3 aliphatic carbocycles. The van der Waals surface area contributed by atoms with Gasteiger partial charge in [-0.05, 0) is 93.7 Å². The summed E-state index contributed by atoms with van der Waals surface area (Å²) in [5.41, 5.74) is 8.95. The minimum absolute atomic E-state index is 0.102. The Morgan fingerprint density at radius 1 is 0.853 bits per heavy atom. The van der Waals surface area contributed by atoms with Gasteiger partial charge in [-0.2, -0.15) is 0 Å². The number of benzene rings is 1. The number of hydrogen-bond donors (Lipinski definition) is 1. The van der Waals surface area contributed by atoms with Crippen molar-refractivity contribution in [2.24, 2.45) is 0 Å². The Balaban J connectivity index is 1.58. The lowest BCUT2D eigenvalue weighted by atomic mass is 9.92. The summed E-state index contributed by atoms with van der Waals surface area (Å²) in [6.07, 6.45) is 19.3. The van der Waals surface area contributed by atoms with E-state index in [1.807, 2.05) is 0 Å². The molecule has 0 amide bonds.